The zero-order chi connectivity index (χ0) is 14.9. The van der Waals surface area contributed by atoms with Crippen molar-refractivity contribution in [1.82, 2.24) is 10.6 Å². The molecule has 112 valence electrons. The summed E-state index contributed by atoms with van der Waals surface area (Å²) in [5.74, 6) is 0.130. The molecule has 1 aliphatic heterocycles. The van der Waals surface area contributed by atoms with E-state index in [1.807, 2.05) is 0 Å². The van der Waals surface area contributed by atoms with E-state index in [1.54, 1.807) is 11.3 Å². The maximum Gasteiger partial charge on any atom is 0.238 e. The Labute approximate surface area is 126 Å². The largest absolute Gasteiger partial charge is 0.348 e. The standard InChI is InChI=1S/C16H26N2OS/c1-10-9-13(12(3)20-10)11(2)18-15(19)14-16(4,5)7-6-8-17-14/h9,11,14,17H,6-8H2,1-5H3,(H,18,19). The first-order valence-corrected chi connectivity index (χ1v) is 8.23. The van der Waals surface area contributed by atoms with Crippen molar-refractivity contribution in [3.05, 3.63) is 21.4 Å². The maximum atomic E-state index is 12.5. The number of nitrogens with one attached hydrogen (secondary N) is 2. The maximum absolute atomic E-state index is 12.5. The van der Waals surface area contributed by atoms with Crippen LogP contribution in [0.2, 0.25) is 0 Å². The molecule has 1 aromatic heterocycles. The first kappa shape index (κ1) is 15.5. The van der Waals surface area contributed by atoms with Gasteiger partial charge < -0.3 is 10.6 Å². The van der Waals surface area contributed by atoms with Gasteiger partial charge in [0.05, 0.1) is 12.1 Å². The number of carbonyl (C=O) groups excluding carboxylic acids is 1. The number of aryl methyl sites for hydroxylation is 2. The SMILES string of the molecule is Cc1cc(C(C)NC(=O)C2NCCCC2(C)C)c(C)s1. The number of hydrogen-bond acceptors (Lipinski definition) is 3. The molecule has 1 fully saturated rings. The normalized spacial score (nSPS) is 23.4. The van der Waals surface area contributed by atoms with E-state index in [1.165, 1.54) is 15.3 Å². The van der Waals surface area contributed by atoms with Crippen molar-refractivity contribution in [1.29, 1.82) is 0 Å². The Kier molecular flexibility index (Phi) is 4.55. The van der Waals surface area contributed by atoms with Gasteiger partial charge in [0.1, 0.15) is 0 Å². The van der Waals surface area contributed by atoms with Crippen molar-refractivity contribution < 1.29 is 4.79 Å². The lowest BCUT2D eigenvalue weighted by molar-refractivity contribution is -0.127. The smallest absolute Gasteiger partial charge is 0.238 e. The highest BCUT2D eigenvalue weighted by atomic mass is 32.1. The van der Waals surface area contributed by atoms with Gasteiger partial charge in [-0.2, -0.15) is 0 Å². The minimum atomic E-state index is -0.0845. The molecule has 0 saturated carbocycles. The molecule has 2 N–H and O–H groups in total. The molecule has 2 heterocycles. The van der Waals surface area contributed by atoms with Crippen LogP contribution < -0.4 is 10.6 Å². The van der Waals surface area contributed by atoms with Gasteiger partial charge >= 0.3 is 0 Å². The Morgan fingerprint density at radius 1 is 1.50 bits per heavy atom. The Hall–Kier alpha value is -0.870. The molecule has 1 saturated heterocycles. The van der Waals surface area contributed by atoms with Crippen molar-refractivity contribution in [2.45, 2.75) is 59.5 Å². The summed E-state index contributed by atoms with van der Waals surface area (Å²) in [4.78, 5) is 15.1. The molecule has 1 amide bonds. The Bertz CT molecular complexity index is 493. The number of thiophene rings is 1. The summed E-state index contributed by atoms with van der Waals surface area (Å²) in [5, 5.41) is 6.56. The second-order valence-corrected chi connectivity index (χ2v) is 8.04. The monoisotopic (exact) mass is 294 g/mol. The lowest BCUT2D eigenvalue weighted by Gasteiger charge is -2.38. The summed E-state index contributed by atoms with van der Waals surface area (Å²) < 4.78 is 0. The second kappa shape index (κ2) is 5.86. The molecule has 1 aromatic rings. The van der Waals surface area contributed by atoms with Crippen LogP contribution in [0.5, 0.6) is 0 Å². The molecule has 2 rings (SSSR count). The van der Waals surface area contributed by atoms with Gasteiger partial charge in [0.25, 0.3) is 0 Å². The van der Waals surface area contributed by atoms with Gasteiger partial charge in [-0.1, -0.05) is 13.8 Å². The molecule has 2 unspecified atom stereocenters. The van der Waals surface area contributed by atoms with E-state index >= 15 is 0 Å². The highest BCUT2D eigenvalue weighted by molar-refractivity contribution is 7.12. The second-order valence-electron chi connectivity index (χ2n) is 6.58. The van der Waals surface area contributed by atoms with Crippen LogP contribution in [0, 0.1) is 19.3 Å². The molecule has 3 nitrogen and oxygen atoms in total. The van der Waals surface area contributed by atoms with Crippen LogP contribution in [0.25, 0.3) is 0 Å². The van der Waals surface area contributed by atoms with Crippen molar-refractivity contribution in [3.63, 3.8) is 0 Å². The molecule has 20 heavy (non-hydrogen) atoms. The lowest BCUT2D eigenvalue weighted by atomic mass is 9.77. The summed E-state index contributed by atoms with van der Waals surface area (Å²) in [6.45, 7) is 11.6. The fourth-order valence-electron chi connectivity index (χ4n) is 3.11. The molecule has 0 bridgehead atoms. The van der Waals surface area contributed by atoms with Crippen LogP contribution in [0.4, 0.5) is 0 Å². The molecular weight excluding hydrogens is 268 g/mol. The molecule has 0 aromatic carbocycles. The van der Waals surface area contributed by atoms with Gasteiger partial charge in [0, 0.05) is 9.75 Å². The third-order valence-electron chi connectivity index (χ3n) is 4.29. The summed E-state index contributed by atoms with van der Waals surface area (Å²) in [6.07, 6.45) is 2.25. The van der Waals surface area contributed by atoms with Crippen molar-refractivity contribution >= 4 is 17.2 Å². The fourth-order valence-corrected chi connectivity index (χ4v) is 4.14. The van der Waals surface area contributed by atoms with E-state index in [9.17, 15) is 4.79 Å². The topological polar surface area (TPSA) is 41.1 Å². The van der Waals surface area contributed by atoms with Crippen LogP contribution in [0.1, 0.15) is 55.0 Å². The van der Waals surface area contributed by atoms with Gasteiger partial charge in [0.2, 0.25) is 5.91 Å². The zero-order valence-electron chi connectivity index (χ0n) is 13.2. The average Bonchev–Trinajstić information content (AvgIpc) is 2.67. The first-order chi connectivity index (χ1) is 9.31. The molecule has 1 aliphatic rings. The fraction of sp³-hybridized carbons (Fsp3) is 0.688. The summed E-state index contributed by atoms with van der Waals surface area (Å²) in [6, 6.07) is 2.18. The van der Waals surface area contributed by atoms with Crippen LogP contribution in [-0.2, 0) is 4.79 Å². The van der Waals surface area contributed by atoms with Gasteiger partial charge in [-0.15, -0.1) is 11.3 Å². The van der Waals surface area contributed by atoms with Crippen LogP contribution in [0.15, 0.2) is 6.07 Å². The Morgan fingerprint density at radius 2 is 2.20 bits per heavy atom. The lowest BCUT2D eigenvalue weighted by Crippen LogP contribution is -2.55. The summed E-state index contributed by atoms with van der Waals surface area (Å²) in [5.41, 5.74) is 1.27. The predicted molar refractivity (Wildman–Crippen MR) is 85.2 cm³/mol. The summed E-state index contributed by atoms with van der Waals surface area (Å²) >= 11 is 1.79. The van der Waals surface area contributed by atoms with Gasteiger partial charge in [0.15, 0.2) is 0 Å². The first-order valence-electron chi connectivity index (χ1n) is 7.42. The van der Waals surface area contributed by atoms with Crippen LogP contribution >= 0.6 is 11.3 Å². The van der Waals surface area contributed by atoms with Crippen LogP contribution in [0.3, 0.4) is 0 Å². The summed E-state index contributed by atoms with van der Waals surface area (Å²) in [7, 11) is 0. The average molecular weight is 294 g/mol. The minimum absolute atomic E-state index is 0.0294. The van der Waals surface area contributed by atoms with Gasteiger partial charge in [-0.25, -0.2) is 0 Å². The third kappa shape index (κ3) is 3.23. The van der Waals surface area contributed by atoms with Crippen molar-refractivity contribution in [2.75, 3.05) is 6.54 Å². The van der Waals surface area contributed by atoms with Crippen LogP contribution in [-0.4, -0.2) is 18.5 Å². The molecule has 0 aliphatic carbocycles. The van der Waals surface area contributed by atoms with E-state index in [-0.39, 0.29) is 23.4 Å². The van der Waals surface area contributed by atoms with E-state index in [0.29, 0.717) is 0 Å². The molecule has 4 heteroatoms. The van der Waals surface area contributed by atoms with Crippen molar-refractivity contribution in [3.8, 4) is 0 Å². The number of carbonyl (C=O) groups is 1. The molecule has 2 atom stereocenters. The van der Waals surface area contributed by atoms with E-state index < -0.39 is 0 Å². The quantitative estimate of drug-likeness (QED) is 0.898. The Balaban J connectivity index is 2.05. The van der Waals surface area contributed by atoms with E-state index in [4.69, 9.17) is 0 Å². The minimum Gasteiger partial charge on any atom is -0.348 e. The van der Waals surface area contributed by atoms with E-state index in [2.05, 4.69) is 51.3 Å². The predicted octanol–water partition coefficient (Wildman–Crippen LogP) is 3.32. The molecule has 0 radical (unpaired) electrons. The number of hydrogen-bond donors (Lipinski definition) is 2. The highest BCUT2D eigenvalue weighted by Gasteiger charge is 2.37. The Morgan fingerprint density at radius 3 is 2.75 bits per heavy atom. The van der Waals surface area contributed by atoms with Crippen molar-refractivity contribution in [2.24, 2.45) is 5.41 Å². The van der Waals surface area contributed by atoms with Gasteiger partial charge in [-0.05, 0) is 57.2 Å². The molecular formula is C16H26N2OS. The number of rotatable bonds is 3. The van der Waals surface area contributed by atoms with E-state index in [0.717, 1.165) is 19.4 Å². The number of amides is 1. The zero-order valence-corrected chi connectivity index (χ0v) is 14.0. The highest BCUT2D eigenvalue weighted by Crippen LogP contribution is 2.31. The number of piperidine rings is 1. The van der Waals surface area contributed by atoms with Gasteiger partial charge in [-0.3, -0.25) is 4.79 Å². The molecule has 0 spiro atoms. The third-order valence-corrected chi connectivity index (χ3v) is 5.28.